The van der Waals surface area contributed by atoms with Crippen LogP contribution in [-0.4, -0.2) is 34.6 Å². The maximum atomic E-state index is 12.4. The number of carbonyl (C=O) groups excluding carboxylic acids is 1. The van der Waals surface area contributed by atoms with E-state index >= 15 is 0 Å². The zero-order chi connectivity index (χ0) is 22.6. The molecule has 31 heavy (non-hydrogen) atoms. The summed E-state index contributed by atoms with van der Waals surface area (Å²) >= 11 is 0. The molecule has 0 saturated carbocycles. The fourth-order valence-electron chi connectivity index (χ4n) is 5.08. The van der Waals surface area contributed by atoms with Gasteiger partial charge in [0, 0.05) is 19.0 Å². The van der Waals surface area contributed by atoms with Crippen molar-refractivity contribution in [3.63, 3.8) is 0 Å². The summed E-state index contributed by atoms with van der Waals surface area (Å²) in [7, 11) is 0. The van der Waals surface area contributed by atoms with E-state index in [1.54, 1.807) is 0 Å². The lowest BCUT2D eigenvalue weighted by atomic mass is 10.0. The molecule has 0 aromatic heterocycles. The predicted octanol–water partition coefficient (Wildman–Crippen LogP) is 8.18. The number of aliphatic hydroxyl groups is 1. The fraction of sp³-hybridized carbons (Fsp3) is 0.964. The summed E-state index contributed by atoms with van der Waals surface area (Å²) in [5.74, 6) is 0.260. The van der Waals surface area contributed by atoms with Gasteiger partial charge in [0.25, 0.3) is 0 Å². The normalized spacial score (nSPS) is 18.7. The molecule has 0 aromatic rings. The van der Waals surface area contributed by atoms with Gasteiger partial charge in [-0.05, 0) is 19.3 Å². The van der Waals surface area contributed by atoms with Crippen LogP contribution in [0.4, 0.5) is 0 Å². The van der Waals surface area contributed by atoms with Crippen LogP contribution in [0.15, 0.2) is 0 Å². The molecule has 1 heterocycles. The van der Waals surface area contributed by atoms with E-state index in [0.29, 0.717) is 13.0 Å². The molecule has 1 N–H and O–H groups in total. The number of aliphatic hydroxyl groups excluding tert-OH is 1. The lowest BCUT2D eigenvalue weighted by molar-refractivity contribution is -0.132. The molecule has 3 nitrogen and oxygen atoms in total. The number of unbranched alkanes of at least 4 members (excludes halogenated alkanes) is 18. The minimum atomic E-state index is -0.306. The van der Waals surface area contributed by atoms with Gasteiger partial charge in [-0.2, -0.15) is 0 Å². The molecule has 3 heteroatoms. The average Bonchev–Trinajstić information content (AvgIpc) is 3.16. The largest absolute Gasteiger partial charge is 0.391 e. The third kappa shape index (κ3) is 15.0. The van der Waals surface area contributed by atoms with Gasteiger partial charge in [0.1, 0.15) is 0 Å². The molecule has 0 aliphatic carbocycles. The quantitative estimate of drug-likeness (QED) is 0.184. The minimum absolute atomic E-state index is 0.260. The number of nitrogens with zero attached hydrogens (tertiary/aromatic N) is 1. The third-order valence-corrected chi connectivity index (χ3v) is 7.18. The van der Waals surface area contributed by atoms with Gasteiger partial charge in [-0.25, -0.2) is 0 Å². The zero-order valence-corrected chi connectivity index (χ0v) is 21.2. The number of likely N-dealkylation sites (tertiary alicyclic amines) is 1. The molecule has 0 bridgehead atoms. The molecule has 1 aliphatic heterocycles. The van der Waals surface area contributed by atoms with E-state index in [2.05, 4.69) is 13.8 Å². The van der Waals surface area contributed by atoms with E-state index in [-0.39, 0.29) is 18.1 Å². The van der Waals surface area contributed by atoms with E-state index in [4.69, 9.17) is 0 Å². The first-order valence-electron chi connectivity index (χ1n) is 14.2. The van der Waals surface area contributed by atoms with Gasteiger partial charge >= 0.3 is 0 Å². The Morgan fingerprint density at radius 2 is 1.06 bits per heavy atom. The second-order valence-corrected chi connectivity index (χ2v) is 10.1. The van der Waals surface area contributed by atoms with Crippen LogP contribution in [0, 0.1) is 0 Å². The number of rotatable bonds is 21. The highest BCUT2D eigenvalue weighted by atomic mass is 16.3. The summed E-state index contributed by atoms with van der Waals surface area (Å²) in [5.41, 5.74) is 0. The summed E-state index contributed by atoms with van der Waals surface area (Å²) in [5, 5.41) is 9.79. The Labute approximate surface area is 194 Å². The first-order chi connectivity index (χ1) is 15.2. The zero-order valence-electron chi connectivity index (χ0n) is 21.2. The molecule has 0 radical (unpaired) electrons. The van der Waals surface area contributed by atoms with E-state index in [9.17, 15) is 9.90 Å². The van der Waals surface area contributed by atoms with E-state index < -0.39 is 0 Å². The number of carbonyl (C=O) groups is 1. The van der Waals surface area contributed by atoms with Crippen LogP contribution in [0.25, 0.3) is 0 Å². The molecule has 1 unspecified atom stereocenters. The maximum absolute atomic E-state index is 12.4. The summed E-state index contributed by atoms with van der Waals surface area (Å²) in [6, 6.07) is 0.267. The molecule has 2 atom stereocenters. The van der Waals surface area contributed by atoms with Crippen molar-refractivity contribution in [3.05, 3.63) is 0 Å². The van der Waals surface area contributed by atoms with Gasteiger partial charge in [0.15, 0.2) is 0 Å². The van der Waals surface area contributed by atoms with Crippen LogP contribution < -0.4 is 0 Å². The van der Waals surface area contributed by atoms with Gasteiger partial charge in [0.2, 0.25) is 5.91 Å². The fourth-order valence-corrected chi connectivity index (χ4v) is 5.08. The lowest BCUT2D eigenvalue weighted by Gasteiger charge is -2.23. The summed E-state index contributed by atoms with van der Waals surface area (Å²) in [6.45, 7) is 4.95. The number of amides is 1. The van der Waals surface area contributed by atoms with Crippen LogP contribution in [0.5, 0.6) is 0 Å². The van der Waals surface area contributed by atoms with Gasteiger partial charge in [-0.15, -0.1) is 0 Å². The molecule has 184 valence electrons. The highest BCUT2D eigenvalue weighted by molar-refractivity contribution is 5.76. The Balaban J connectivity index is 1.77. The van der Waals surface area contributed by atoms with Crippen LogP contribution in [0.2, 0.25) is 0 Å². The minimum Gasteiger partial charge on any atom is -0.391 e. The highest BCUT2D eigenvalue weighted by Gasteiger charge is 2.32. The standard InChI is InChI=1S/C28H55NO2/c1-3-5-6-7-8-9-10-11-12-13-14-15-16-17-18-19-20-21-22-23-28(31)29-25-27(30)24-26(29)4-2/h26-27,30H,3-25H2,1-2H3/t26?,27-/m1/s1. The topological polar surface area (TPSA) is 40.5 Å². The van der Waals surface area contributed by atoms with E-state index in [0.717, 1.165) is 19.3 Å². The Bertz CT molecular complexity index is 412. The van der Waals surface area contributed by atoms with Gasteiger partial charge in [-0.3, -0.25) is 4.79 Å². The highest BCUT2D eigenvalue weighted by Crippen LogP contribution is 2.22. The Kier molecular flexibility index (Phi) is 18.4. The maximum Gasteiger partial charge on any atom is 0.222 e. The second kappa shape index (κ2) is 20.1. The average molecular weight is 438 g/mol. The van der Waals surface area contributed by atoms with E-state index in [1.165, 1.54) is 116 Å². The SMILES string of the molecule is CCCCCCCCCCCCCCCCCCCCCC(=O)N1C[C@H](O)CC1CC. The summed E-state index contributed by atoms with van der Waals surface area (Å²) in [4.78, 5) is 14.3. The third-order valence-electron chi connectivity index (χ3n) is 7.18. The van der Waals surface area contributed by atoms with Crippen LogP contribution >= 0.6 is 0 Å². The van der Waals surface area contributed by atoms with Crippen molar-refractivity contribution in [3.8, 4) is 0 Å². The summed E-state index contributed by atoms with van der Waals surface area (Å²) < 4.78 is 0. The van der Waals surface area contributed by atoms with Crippen molar-refractivity contribution in [2.75, 3.05) is 6.54 Å². The Hall–Kier alpha value is -0.570. The van der Waals surface area contributed by atoms with Gasteiger partial charge < -0.3 is 10.0 Å². The molecular weight excluding hydrogens is 382 g/mol. The molecule has 1 amide bonds. The molecule has 1 saturated heterocycles. The van der Waals surface area contributed by atoms with Crippen molar-refractivity contribution in [2.45, 2.75) is 167 Å². The van der Waals surface area contributed by atoms with E-state index in [1.807, 2.05) is 4.90 Å². The van der Waals surface area contributed by atoms with Gasteiger partial charge in [0.05, 0.1) is 6.10 Å². The van der Waals surface area contributed by atoms with Crippen molar-refractivity contribution < 1.29 is 9.90 Å². The lowest BCUT2D eigenvalue weighted by Crippen LogP contribution is -2.35. The molecule has 1 fully saturated rings. The second-order valence-electron chi connectivity index (χ2n) is 10.1. The Morgan fingerprint density at radius 1 is 0.677 bits per heavy atom. The smallest absolute Gasteiger partial charge is 0.222 e. The number of β-amino-alcohol motifs (C(OH)–C–C–N with tert-alkyl or cyclic N) is 1. The first-order valence-corrected chi connectivity index (χ1v) is 14.2. The summed E-state index contributed by atoms with van der Waals surface area (Å²) in [6.07, 6.45) is 28.3. The monoisotopic (exact) mass is 437 g/mol. The molecular formula is C28H55NO2. The van der Waals surface area contributed by atoms with Crippen LogP contribution in [0.3, 0.4) is 0 Å². The molecule has 1 rings (SSSR count). The molecule has 0 spiro atoms. The van der Waals surface area contributed by atoms with Crippen molar-refractivity contribution >= 4 is 5.91 Å². The van der Waals surface area contributed by atoms with Crippen LogP contribution in [0.1, 0.15) is 155 Å². The molecule has 0 aromatic carbocycles. The van der Waals surface area contributed by atoms with Crippen molar-refractivity contribution in [2.24, 2.45) is 0 Å². The van der Waals surface area contributed by atoms with Crippen molar-refractivity contribution in [1.82, 2.24) is 4.90 Å². The van der Waals surface area contributed by atoms with Gasteiger partial charge in [-0.1, -0.05) is 129 Å². The predicted molar refractivity (Wildman–Crippen MR) is 134 cm³/mol. The van der Waals surface area contributed by atoms with Crippen molar-refractivity contribution in [1.29, 1.82) is 0 Å². The Morgan fingerprint density at radius 3 is 1.45 bits per heavy atom. The first kappa shape index (κ1) is 28.5. The number of hydrogen-bond acceptors (Lipinski definition) is 2. The molecule has 1 aliphatic rings. The van der Waals surface area contributed by atoms with Crippen LogP contribution in [-0.2, 0) is 4.79 Å². The number of hydrogen-bond donors (Lipinski definition) is 1.